The van der Waals surface area contributed by atoms with Gasteiger partial charge in [-0.3, -0.25) is 43.2 Å². The Kier molecular flexibility index (Phi) is 41.7. The molecular weight excluding hydrogens is 1320 g/mol. The van der Waals surface area contributed by atoms with Crippen molar-refractivity contribution >= 4 is 81.8 Å². The first-order chi connectivity index (χ1) is 47.4. The van der Waals surface area contributed by atoms with Crippen molar-refractivity contribution in [2.45, 2.75) is 103 Å². The number of aliphatic carboxylic acids is 1. The number of benzene rings is 3. The van der Waals surface area contributed by atoms with E-state index in [9.17, 15) is 47.1 Å². The number of hydrogen-bond donors (Lipinski definition) is 8. The number of carbonyl (C=O) groups is 10. The Morgan fingerprint density at radius 2 is 0.808 bits per heavy atom. The molecule has 99 heavy (non-hydrogen) atoms. The van der Waals surface area contributed by atoms with E-state index >= 15 is 14.4 Å². The number of ether oxygens (including phenoxy) is 2. The Bertz CT molecular complexity index is 3070. The second-order valence-corrected chi connectivity index (χ2v) is 26.2. The number of carbonyl (C=O) groups excluding carboxylic acids is 9. The van der Waals surface area contributed by atoms with Crippen LogP contribution in [0.4, 0.5) is 0 Å². The first-order valence-corrected chi connectivity index (χ1v) is 36.1. The third kappa shape index (κ3) is 34.3. The molecule has 3 aromatic carbocycles. The summed E-state index contributed by atoms with van der Waals surface area (Å²) in [5, 5.41) is 20.6. The van der Waals surface area contributed by atoms with Crippen LogP contribution in [-0.2, 0) is 86.7 Å². The van der Waals surface area contributed by atoms with Crippen LogP contribution in [0, 0.1) is 5.92 Å². The highest BCUT2D eigenvalue weighted by Gasteiger charge is 2.32. The topological polar surface area (TPSA) is 398 Å². The number of nitrogens with one attached hydrogen (secondary N) is 2. The van der Waals surface area contributed by atoms with E-state index in [4.69, 9.17) is 31.8 Å². The standard InChI is InChI=1S/C68H108N14O15S2/c1-5-96-51-81(60(84)42-73-41-53(3)4)49-65(89)80(38-28-55-21-11-8-12-22-55)48-67(91)82(52-97-6-2)50-66(90)79(39-29-56-23-25-57(26-24-56)99(72,94)95)47-63(87)77(36-18-15-33-71)45-64(88)78(37-27-54-19-9-7-10-20-54)46-62(86)76(35-17-14-32-70)44-61(85)75(34-16-13-31-69)43-59(83)74-58(30-40-98)68(92)93/h7-12,19-26,53,58,73,98H,5-6,13-18,27-52,69-71H2,1-4H3,(H,74,83)(H,92,93)(H2,72,94,95). The van der Waals surface area contributed by atoms with Crippen LogP contribution in [0.1, 0.15) is 89.3 Å². The van der Waals surface area contributed by atoms with Crippen molar-refractivity contribution in [3.05, 3.63) is 102 Å². The zero-order chi connectivity index (χ0) is 73.1. The number of carboxylic acids is 1. The smallest absolute Gasteiger partial charge is 0.326 e. The Balaban J connectivity index is 2.09. The molecule has 31 heteroatoms. The molecule has 3 aromatic rings. The van der Waals surface area contributed by atoms with Crippen molar-refractivity contribution in [2.24, 2.45) is 28.3 Å². The predicted molar refractivity (Wildman–Crippen MR) is 378 cm³/mol. The van der Waals surface area contributed by atoms with Crippen molar-refractivity contribution in [2.75, 3.05) is 157 Å². The fourth-order valence-electron chi connectivity index (χ4n) is 10.1. The Labute approximate surface area is 589 Å². The number of thiol groups is 1. The molecule has 1 unspecified atom stereocenters. The van der Waals surface area contributed by atoms with Gasteiger partial charge in [0.2, 0.25) is 63.2 Å². The zero-order valence-corrected chi connectivity index (χ0v) is 59.9. The summed E-state index contributed by atoms with van der Waals surface area (Å²) < 4.78 is 35.8. The molecule has 0 bridgehead atoms. The van der Waals surface area contributed by atoms with Crippen molar-refractivity contribution in [3.63, 3.8) is 0 Å². The summed E-state index contributed by atoms with van der Waals surface area (Å²) in [5.41, 5.74) is 19.8. The molecule has 0 aliphatic carbocycles. The molecule has 0 aliphatic rings. The minimum atomic E-state index is -4.08. The first kappa shape index (κ1) is 85.6. The maximum atomic E-state index is 15.1. The molecule has 9 amide bonds. The quantitative estimate of drug-likeness (QED) is 0.0214. The second kappa shape index (κ2) is 48.2. The van der Waals surface area contributed by atoms with Crippen LogP contribution in [-0.4, -0.2) is 275 Å². The van der Waals surface area contributed by atoms with E-state index < -0.39 is 134 Å². The lowest BCUT2D eigenvalue weighted by molar-refractivity contribution is -0.151. The maximum absolute atomic E-state index is 15.1. The molecular formula is C68H108N14O15S2. The minimum Gasteiger partial charge on any atom is -0.480 e. The van der Waals surface area contributed by atoms with Gasteiger partial charge in [0.05, 0.1) is 50.7 Å². The Morgan fingerprint density at radius 1 is 0.475 bits per heavy atom. The lowest BCUT2D eigenvalue weighted by Gasteiger charge is -2.33. The molecule has 29 nitrogen and oxygen atoms in total. The predicted octanol–water partition coefficient (Wildman–Crippen LogP) is 0.330. The van der Waals surface area contributed by atoms with Gasteiger partial charge >= 0.3 is 5.97 Å². The van der Waals surface area contributed by atoms with Gasteiger partial charge in [-0.25, -0.2) is 18.4 Å². The van der Waals surface area contributed by atoms with Crippen molar-refractivity contribution in [3.8, 4) is 0 Å². The molecule has 0 saturated heterocycles. The summed E-state index contributed by atoms with van der Waals surface area (Å²) >= 11 is 4.11. The third-order valence-corrected chi connectivity index (χ3v) is 17.0. The van der Waals surface area contributed by atoms with Crippen molar-refractivity contribution in [1.29, 1.82) is 0 Å². The van der Waals surface area contributed by atoms with Gasteiger partial charge in [-0.15, -0.1) is 0 Å². The number of nitrogens with two attached hydrogens (primary N) is 4. The van der Waals surface area contributed by atoms with Gasteiger partial charge in [-0.1, -0.05) is 86.6 Å². The van der Waals surface area contributed by atoms with Crippen LogP contribution in [0.5, 0.6) is 0 Å². The number of hydrogen-bond acceptors (Lipinski definition) is 19. The molecule has 0 saturated carbocycles. The molecule has 0 radical (unpaired) electrons. The molecule has 0 heterocycles. The lowest BCUT2D eigenvalue weighted by atomic mass is 10.1. The molecule has 552 valence electrons. The van der Waals surface area contributed by atoms with E-state index in [-0.39, 0.29) is 115 Å². The van der Waals surface area contributed by atoms with Gasteiger partial charge in [-0.05, 0) is 145 Å². The Morgan fingerprint density at radius 3 is 1.14 bits per heavy atom. The SMILES string of the molecule is CCOCN(CC(=O)N(CCc1ccccc1)CC(=O)N(COCC)CC(=O)N(CCc1ccc(S(N)(=O)=O)cc1)CC(=O)N(CCCCN)CC(=O)N(CCc1ccccc1)CC(=O)N(CCCCN)CC(=O)N(CCCCN)CC(=O)NC(CCS)C(=O)O)C(=O)CNCC(C)C. The highest BCUT2D eigenvalue weighted by atomic mass is 32.2. The van der Waals surface area contributed by atoms with Gasteiger partial charge in [0.15, 0.2) is 0 Å². The number of primary sulfonamides is 1. The lowest BCUT2D eigenvalue weighted by Crippen LogP contribution is -2.53. The summed E-state index contributed by atoms with van der Waals surface area (Å²) in [5.74, 6) is -6.65. The molecule has 11 N–H and O–H groups in total. The molecule has 0 aromatic heterocycles. The summed E-state index contributed by atoms with van der Waals surface area (Å²) in [7, 11) is -4.08. The van der Waals surface area contributed by atoms with Gasteiger partial charge in [-0.2, -0.15) is 12.6 Å². The number of rotatable bonds is 52. The Hall–Kier alpha value is -7.62. The van der Waals surface area contributed by atoms with E-state index in [1.807, 2.05) is 74.5 Å². The maximum Gasteiger partial charge on any atom is 0.326 e. The van der Waals surface area contributed by atoms with E-state index in [1.165, 1.54) is 58.6 Å². The zero-order valence-electron chi connectivity index (χ0n) is 58.2. The van der Waals surface area contributed by atoms with Gasteiger partial charge in [0.25, 0.3) is 0 Å². The molecule has 0 spiro atoms. The number of unbranched alkanes of at least 4 members (excludes halogenated alkanes) is 3. The van der Waals surface area contributed by atoms with Crippen LogP contribution in [0.25, 0.3) is 0 Å². The monoisotopic (exact) mass is 1420 g/mol. The van der Waals surface area contributed by atoms with Gasteiger partial charge in [0.1, 0.15) is 32.6 Å². The summed E-state index contributed by atoms with van der Waals surface area (Å²) in [6.07, 6.45) is 3.12. The molecule has 3 rings (SSSR count). The van der Waals surface area contributed by atoms with Crippen LogP contribution in [0.2, 0.25) is 0 Å². The summed E-state index contributed by atoms with van der Waals surface area (Å²) in [6, 6.07) is 22.8. The van der Waals surface area contributed by atoms with Crippen LogP contribution < -0.4 is 33.0 Å². The number of sulfonamides is 1. The number of amides is 9. The fraction of sp³-hybridized carbons (Fsp3) is 0.588. The molecule has 1 atom stereocenters. The van der Waals surface area contributed by atoms with E-state index in [0.29, 0.717) is 63.6 Å². The highest BCUT2D eigenvalue weighted by molar-refractivity contribution is 7.89. The molecule has 0 fully saturated rings. The van der Waals surface area contributed by atoms with Crippen molar-refractivity contribution < 1.29 is 70.9 Å². The van der Waals surface area contributed by atoms with Crippen LogP contribution >= 0.6 is 12.6 Å². The molecule has 0 aliphatic heterocycles. The first-order valence-electron chi connectivity index (χ1n) is 33.9. The minimum absolute atomic E-state index is 0.0244. The largest absolute Gasteiger partial charge is 0.480 e. The van der Waals surface area contributed by atoms with E-state index in [2.05, 4.69) is 23.3 Å². The van der Waals surface area contributed by atoms with E-state index in [0.717, 1.165) is 16.0 Å². The number of nitrogens with zero attached hydrogens (tertiary/aromatic N) is 8. The average Bonchev–Trinajstić information content (AvgIpc) is 0.876. The normalized spacial score (nSPS) is 11.5. The van der Waals surface area contributed by atoms with Gasteiger partial charge in [0, 0.05) is 52.5 Å². The van der Waals surface area contributed by atoms with Crippen LogP contribution in [0.15, 0.2) is 89.8 Å². The van der Waals surface area contributed by atoms with Crippen molar-refractivity contribution in [1.82, 2.24) is 49.8 Å². The second-order valence-electron chi connectivity index (χ2n) is 24.2. The van der Waals surface area contributed by atoms with Gasteiger partial charge < -0.3 is 81.6 Å². The highest BCUT2D eigenvalue weighted by Crippen LogP contribution is 2.14. The van der Waals surface area contributed by atoms with Crippen LogP contribution in [0.3, 0.4) is 0 Å². The summed E-state index contributed by atoms with van der Waals surface area (Å²) in [6.45, 7) is 3.85. The summed E-state index contributed by atoms with van der Waals surface area (Å²) in [4.78, 5) is 152. The third-order valence-electron chi connectivity index (χ3n) is 15.8. The fourth-order valence-corrected chi connectivity index (χ4v) is 10.8. The average molecular weight is 1430 g/mol. The van der Waals surface area contributed by atoms with E-state index in [1.54, 1.807) is 13.8 Å². The number of carboxylic acid groups (broad SMARTS) is 1.